The summed E-state index contributed by atoms with van der Waals surface area (Å²) >= 11 is 1.66. The van der Waals surface area contributed by atoms with Gasteiger partial charge in [-0.3, -0.25) is 0 Å². The number of nitrogens with zero attached hydrogens (tertiary/aromatic N) is 3. The quantitative estimate of drug-likeness (QED) is 0.782. The summed E-state index contributed by atoms with van der Waals surface area (Å²) in [6.45, 7) is 2.72. The molecule has 18 heavy (non-hydrogen) atoms. The zero-order valence-corrected chi connectivity index (χ0v) is 10.7. The van der Waals surface area contributed by atoms with Gasteiger partial charge in [0.05, 0.1) is 23.9 Å². The molecule has 5 heteroatoms. The lowest BCUT2D eigenvalue weighted by molar-refractivity contribution is 1.04. The first-order valence-corrected chi connectivity index (χ1v) is 6.56. The molecular weight excluding hydrogens is 244 g/mol. The van der Waals surface area contributed by atoms with Crippen LogP contribution in [0.2, 0.25) is 0 Å². The monoisotopic (exact) mass is 256 g/mol. The van der Waals surface area contributed by atoms with Gasteiger partial charge in [-0.1, -0.05) is 18.2 Å². The highest BCUT2D eigenvalue weighted by molar-refractivity contribution is 7.09. The number of anilines is 1. The van der Waals surface area contributed by atoms with Crippen LogP contribution in [-0.2, 0) is 6.54 Å². The van der Waals surface area contributed by atoms with Crippen molar-refractivity contribution >= 4 is 27.9 Å². The van der Waals surface area contributed by atoms with Crippen LogP contribution >= 0.6 is 11.3 Å². The molecule has 0 saturated carbocycles. The van der Waals surface area contributed by atoms with Crippen LogP contribution in [0.25, 0.3) is 10.9 Å². The van der Waals surface area contributed by atoms with Gasteiger partial charge in [0.15, 0.2) is 0 Å². The van der Waals surface area contributed by atoms with Gasteiger partial charge in [0, 0.05) is 16.5 Å². The lowest BCUT2D eigenvalue weighted by atomic mass is 10.2. The first-order chi connectivity index (χ1) is 8.83. The molecule has 0 radical (unpaired) electrons. The SMILES string of the molecule is Cc1csc(CNc2cnnc3ccccc23)n1. The van der Waals surface area contributed by atoms with E-state index in [2.05, 4.69) is 25.9 Å². The van der Waals surface area contributed by atoms with Crippen molar-refractivity contribution in [3.05, 3.63) is 46.5 Å². The largest absolute Gasteiger partial charge is 0.377 e. The number of aromatic nitrogens is 3. The number of aryl methyl sites for hydroxylation is 1. The normalized spacial score (nSPS) is 10.7. The Morgan fingerprint density at radius 3 is 3.00 bits per heavy atom. The lowest BCUT2D eigenvalue weighted by Crippen LogP contribution is -2.01. The number of rotatable bonds is 3. The second kappa shape index (κ2) is 4.70. The van der Waals surface area contributed by atoms with E-state index in [9.17, 15) is 0 Å². The molecule has 3 rings (SSSR count). The van der Waals surface area contributed by atoms with Crippen molar-refractivity contribution < 1.29 is 0 Å². The Morgan fingerprint density at radius 2 is 2.17 bits per heavy atom. The highest BCUT2D eigenvalue weighted by Gasteiger charge is 2.03. The van der Waals surface area contributed by atoms with Crippen molar-refractivity contribution in [1.82, 2.24) is 15.2 Å². The third kappa shape index (κ3) is 2.17. The smallest absolute Gasteiger partial charge is 0.112 e. The standard InChI is InChI=1S/C13H12N4S/c1-9-8-18-13(16-9)7-14-12-6-15-17-11-5-3-2-4-10(11)12/h2-6,8H,7H2,1H3,(H,14,17). The minimum Gasteiger partial charge on any atom is -0.377 e. The second-order valence-electron chi connectivity index (χ2n) is 4.01. The van der Waals surface area contributed by atoms with E-state index in [4.69, 9.17) is 0 Å². The van der Waals surface area contributed by atoms with Crippen LogP contribution in [0.15, 0.2) is 35.8 Å². The molecule has 2 heterocycles. The van der Waals surface area contributed by atoms with E-state index in [-0.39, 0.29) is 0 Å². The van der Waals surface area contributed by atoms with Gasteiger partial charge >= 0.3 is 0 Å². The number of benzene rings is 1. The van der Waals surface area contributed by atoms with Gasteiger partial charge in [0.25, 0.3) is 0 Å². The summed E-state index contributed by atoms with van der Waals surface area (Å²) < 4.78 is 0. The van der Waals surface area contributed by atoms with Gasteiger partial charge < -0.3 is 5.32 Å². The van der Waals surface area contributed by atoms with E-state index in [1.165, 1.54) is 0 Å². The maximum atomic E-state index is 4.43. The van der Waals surface area contributed by atoms with E-state index in [0.717, 1.165) is 27.3 Å². The molecule has 0 fully saturated rings. The molecule has 0 aliphatic rings. The van der Waals surface area contributed by atoms with Gasteiger partial charge in [-0.05, 0) is 13.0 Å². The van der Waals surface area contributed by atoms with Gasteiger partial charge in [0.1, 0.15) is 5.01 Å². The van der Waals surface area contributed by atoms with E-state index in [1.54, 1.807) is 17.5 Å². The molecule has 0 unspecified atom stereocenters. The van der Waals surface area contributed by atoms with Crippen molar-refractivity contribution in [2.24, 2.45) is 0 Å². The molecule has 0 amide bonds. The van der Waals surface area contributed by atoms with Gasteiger partial charge in [0.2, 0.25) is 0 Å². The third-order valence-electron chi connectivity index (χ3n) is 2.64. The van der Waals surface area contributed by atoms with Gasteiger partial charge in [-0.25, -0.2) is 4.98 Å². The maximum absolute atomic E-state index is 4.43. The molecule has 90 valence electrons. The maximum Gasteiger partial charge on any atom is 0.112 e. The number of thiazole rings is 1. The molecule has 1 N–H and O–H groups in total. The first kappa shape index (κ1) is 11.1. The predicted molar refractivity (Wildman–Crippen MR) is 73.7 cm³/mol. The summed E-state index contributed by atoms with van der Waals surface area (Å²) in [6, 6.07) is 7.97. The Balaban J connectivity index is 1.86. The molecule has 4 nitrogen and oxygen atoms in total. The molecular formula is C13H12N4S. The molecule has 3 aromatic rings. The summed E-state index contributed by atoms with van der Waals surface area (Å²) in [7, 11) is 0. The topological polar surface area (TPSA) is 50.7 Å². The molecule has 0 aliphatic heterocycles. The van der Waals surface area contributed by atoms with Crippen molar-refractivity contribution in [2.45, 2.75) is 13.5 Å². The lowest BCUT2D eigenvalue weighted by Gasteiger charge is -2.06. The molecule has 0 spiro atoms. The predicted octanol–water partition coefficient (Wildman–Crippen LogP) is 3.01. The number of nitrogens with one attached hydrogen (secondary N) is 1. The average Bonchev–Trinajstić information content (AvgIpc) is 2.82. The Bertz CT molecular complexity index is 672. The second-order valence-corrected chi connectivity index (χ2v) is 4.95. The van der Waals surface area contributed by atoms with Crippen LogP contribution in [0, 0.1) is 6.92 Å². The fourth-order valence-electron chi connectivity index (χ4n) is 1.80. The van der Waals surface area contributed by atoms with Crippen molar-refractivity contribution in [3.8, 4) is 0 Å². The van der Waals surface area contributed by atoms with E-state index in [0.29, 0.717) is 6.54 Å². The van der Waals surface area contributed by atoms with E-state index in [1.807, 2.05) is 31.2 Å². The first-order valence-electron chi connectivity index (χ1n) is 5.68. The molecule has 0 atom stereocenters. The minimum absolute atomic E-state index is 0.716. The van der Waals surface area contributed by atoms with Crippen LogP contribution in [0.5, 0.6) is 0 Å². The Labute approximate surface area is 109 Å². The Kier molecular flexibility index (Phi) is 2.90. The van der Waals surface area contributed by atoms with Crippen LogP contribution in [0.4, 0.5) is 5.69 Å². The van der Waals surface area contributed by atoms with Crippen molar-refractivity contribution in [2.75, 3.05) is 5.32 Å². The van der Waals surface area contributed by atoms with Crippen molar-refractivity contribution in [1.29, 1.82) is 0 Å². The Hall–Kier alpha value is -2.01. The third-order valence-corrected chi connectivity index (χ3v) is 3.61. The fraction of sp³-hybridized carbons (Fsp3) is 0.154. The molecule has 0 aliphatic carbocycles. The summed E-state index contributed by atoms with van der Waals surface area (Å²) in [4.78, 5) is 4.43. The van der Waals surface area contributed by atoms with Crippen LogP contribution in [0.1, 0.15) is 10.7 Å². The summed E-state index contributed by atoms with van der Waals surface area (Å²) in [5.41, 5.74) is 2.96. The number of fused-ring (bicyclic) bond motifs is 1. The zero-order valence-electron chi connectivity index (χ0n) is 9.92. The fourth-order valence-corrected chi connectivity index (χ4v) is 2.51. The number of hydrogen-bond donors (Lipinski definition) is 1. The molecule has 2 aromatic heterocycles. The minimum atomic E-state index is 0.716. The molecule has 0 bridgehead atoms. The van der Waals surface area contributed by atoms with Gasteiger partial charge in [-0.15, -0.1) is 11.3 Å². The average molecular weight is 256 g/mol. The van der Waals surface area contributed by atoms with Crippen LogP contribution in [0.3, 0.4) is 0 Å². The summed E-state index contributed by atoms with van der Waals surface area (Å²) in [5.74, 6) is 0. The molecule has 0 saturated heterocycles. The Morgan fingerprint density at radius 1 is 1.28 bits per heavy atom. The summed E-state index contributed by atoms with van der Waals surface area (Å²) in [6.07, 6.45) is 1.75. The van der Waals surface area contributed by atoms with Crippen LogP contribution in [-0.4, -0.2) is 15.2 Å². The van der Waals surface area contributed by atoms with Crippen LogP contribution < -0.4 is 5.32 Å². The van der Waals surface area contributed by atoms with E-state index < -0.39 is 0 Å². The van der Waals surface area contributed by atoms with Gasteiger partial charge in [-0.2, -0.15) is 10.2 Å². The highest BCUT2D eigenvalue weighted by atomic mass is 32.1. The van der Waals surface area contributed by atoms with E-state index >= 15 is 0 Å². The van der Waals surface area contributed by atoms with Crippen molar-refractivity contribution in [3.63, 3.8) is 0 Å². The summed E-state index contributed by atoms with van der Waals surface area (Å²) in [5, 5.41) is 15.7. The highest BCUT2D eigenvalue weighted by Crippen LogP contribution is 2.20. The number of hydrogen-bond acceptors (Lipinski definition) is 5. The molecule has 1 aromatic carbocycles. The zero-order chi connectivity index (χ0) is 12.4.